The molecule has 4 heteroatoms. The number of hydrogen-bond donors (Lipinski definition) is 0. The van der Waals surface area contributed by atoms with Gasteiger partial charge in [0.05, 0.1) is 7.11 Å². The number of nitrogens with zero attached hydrogens (tertiary/aromatic N) is 3. The summed E-state index contributed by atoms with van der Waals surface area (Å²) in [5.74, 6) is 1.59. The molecule has 0 amide bonds. The molecule has 0 fully saturated rings. The van der Waals surface area contributed by atoms with Crippen LogP contribution in [-0.2, 0) is 7.05 Å². The van der Waals surface area contributed by atoms with Crippen LogP contribution in [0.2, 0.25) is 0 Å². The molecule has 0 aliphatic heterocycles. The summed E-state index contributed by atoms with van der Waals surface area (Å²) in [7, 11) is 3.49. The molecule has 0 saturated heterocycles. The van der Waals surface area contributed by atoms with E-state index < -0.39 is 0 Å². The lowest BCUT2D eigenvalue weighted by Crippen LogP contribution is -1.96. The summed E-state index contributed by atoms with van der Waals surface area (Å²) < 4.78 is 7.27. The highest BCUT2D eigenvalue weighted by Crippen LogP contribution is 2.35. The zero-order valence-electron chi connectivity index (χ0n) is 11.9. The molecule has 2 rings (SSSR count). The van der Waals surface area contributed by atoms with Gasteiger partial charge in [0.1, 0.15) is 29.0 Å². The third-order valence-electron chi connectivity index (χ3n) is 3.30. The number of aromatic nitrogens is 2. The highest BCUT2D eigenvalue weighted by Gasteiger charge is 2.18. The zero-order valence-corrected chi connectivity index (χ0v) is 11.9. The molecule has 4 nitrogen and oxygen atoms in total. The maximum absolute atomic E-state index is 9.32. The van der Waals surface area contributed by atoms with E-state index in [1.807, 2.05) is 33.9 Å². The van der Waals surface area contributed by atoms with E-state index in [0.717, 1.165) is 28.3 Å². The maximum atomic E-state index is 9.32. The second-order valence-electron chi connectivity index (χ2n) is 4.69. The number of ether oxygens (including phenoxy) is 1. The molecule has 1 aromatic heterocycles. The van der Waals surface area contributed by atoms with Crippen LogP contribution in [0.15, 0.2) is 12.1 Å². The molecule has 0 radical (unpaired) electrons. The fraction of sp³-hybridized carbons (Fsp3) is 0.333. The summed E-state index contributed by atoms with van der Waals surface area (Å²) >= 11 is 0. The van der Waals surface area contributed by atoms with Crippen molar-refractivity contribution >= 4 is 0 Å². The van der Waals surface area contributed by atoms with Crippen LogP contribution < -0.4 is 4.74 Å². The number of imidazole rings is 1. The monoisotopic (exact) mass is 255 g/mol. The molecule has 1 aromatic carbocycles. The first-order chi connectivity index (χ1) is 8.99. The van der Waals surface area contributed by atoms with Crippen LogP contribution in [-0.4, -0.2) is 16.7 Å². The van der Waals surface area contributed by atoms with Crippen LogP contribution in [0.5, 0.6) is 5.75 Å². The Morgan fingerprint density at radius 2 is 1.95 bits per heavy atom. The predicted molar refractivity (Wildman–Crippen MR) is 74.1 cm³/mol. The summed E-state index contributed by atoms with van der Waals surface area (Å²) in [6, 6.07) is 6.29. The van der Waals surface area contributed by atoms with E-state index in [1.165, 1.54) is 0 Å². The van der Waals surface area contributed by atoms with E-state index in [-0.39, 0.29) is 0 Å². The Kier molecular flexibility index (Phi) is 3.30. The van der Waals surface area contributed by atoms with Crippen molar-refractivity contribution in [3.05, 3.63) is 34.8 Å². The normalized spacial score (nSPS) is 10.3. The van der Waals surface area contributed by atoms with Gasteiger partial charge in [-0.05, 0) is 38.0 Å². The van der Waals surface area contributed by atoms with E-state index >= 15 is 0 Å². The fourth-order valence-electron chi connectivity index (χ4n) is 2.33. The van der Waals surface area contributed by atoms with Gasteiger partial charge in [0, 0.05) is 12.6 Å². The summed E-state index contributed by atoms with van der Waals surface area (Å²) in [4.78, 5) is 4.50. The van der Waals surface area contributed by atoms with Crippen molar-refractivity contribution in [3.63, 3.8) is 0 Å². The van der Waals surface area contributed by atoms with Crippen molar-refractivity contribution in [2.75, 3.05) is 7.11 Å². The number of methoxy groups -OCH3 is 1. The first-order valence-electron chi connectivity index (χ1n) is 6.08. The summed E-state index contributed by atoms with van der Waals surface area (Å²) in [5, 5.41) is 9.32. The standard InChI is InChI=1S/C15H17N3O/c1-9-6-10(2)15(19-5)12(7-9)14-13(8-16)18(4)11(3)17-14/h6-7H,1-5H3. The Labute approximate surface area is 113 Å². The molecule has 0 bridgehead atoms. The molecule has 98 valence electrons. The van der Waals surface area contributed by atoms with Gasteiger partial charge in [-0.1, -0.05) is 6.07 Å². The largest absolute Gasteiger partial charge is 0.496 e. The number of aryl methyl sites for hydroxylation is 3. The summed E-state index contributed by atoms with van der Waals surface area (Å²) in [6.45, 7) is 5.91. The Hall–Kier alpha value is -2.28. The molecule has 1 heterocycles. The molecule has 0 saturated carbocycles. The second kappa shape index (κ2) is 4.77. The minimum absolute atomic E-state index is 0.556. The zero-order chi connectivity index (χ0) is 14.2. The van der Waals surface area contributed by atoms with Crippen molar-refractivity contribution in [2.24, 2.45) is 7.05 Å². The van der Waals surface area contributed by atoms with Crippen molar-refractivity contribution in [1.29, 1.82) is 5.26 Å². The smallest absolute Gasteiger partial charge is 0.148 e. The number of hydrogen-bond acceptors (Lipinski definition) is 3. The van der Waals surface area contributed by atoms with Gasteiger partial charge in [-0.2, -0.15) is 5.26 Å². The molecule has 0 atom stereocenters. The van der Waals surface area contributed by atoms with Gasteiger partial charge in [0.25, 0.3) is 0 Å². The molecule has 0 aliphatic rings. The topological polar surface area (TPSA) is 50.8 Å². The Morgan fingerprint density at radius 1 is 1.26 bits per heavy atom. The average Bonchev–Trinajstić information content (AvgIpc) is 2.64. The molecule has 0 unspecified atom stereocenters. The third-order valence-corrected chi connectivity index (χ3v) is 3.30. The molecule has 2 aromatic rings. The Bertz CT molecular complexity index is 678. The minimum atomic E-state index is 0.556. The molecular weight excluding hydrogens is 238 g/mol. The second-order valence-corrected chi connectivity index (χ2v) is 4.69. The quantitative estimate of drug-likeness (QED) is 0.829. The highest BCUT2D eigenvalue weighted by molar-refractivity contribution is 5.74. The lowest BCUT2D eigenvalue weighted by molar-refractivity contribution is 0.413. The predicted octanol–water partition coefficient (Wildman–Crippen LogP) is 2.89. The first-order valence-corrected chi connectivity index (χ1v) is 6.08. The van der Waals surface area contributed by atoms with Gasteiger partial charge >= 0.3 is 0 Å². The Balaban J connectivity index is 2.79. The van der Waals surface area contributed by atoms with Gasteiger partial charge in [0.15, 0.2) is 0 Å². The van der Waals surface area contributed by atoms with Crippen LogP contribution in [0.1, 0.15) is 22.6 Å². The summed E-state index contributed by atoms with van der Waals surface area (Å²) in [5.41, 5.74) is 4.29. The lowest BCUT2D eigenvalue weighted by Gasteiger charge is -2.11. The van der Waals surface area contributed by atoms with Crippen LogP contribution in [0.3, 0.4) is 0 Å². The first kappa shape index (κ1) is 13.2. The van der Waals surface area contributed by atoms with Crippen molar-refractivity contribution < 1.29 is 4.74 Å². The van der Waals surface area contributed by atoms with Gasteiger partial charge in [0.2, 0.25) is 0 Å². The van der Waals surface area contributed by atoms with Crippen LogP contribution in [0.25, 0.3) is 11.3 Å². The fourth-order valence-corrected chi connectivity index (χ4v) is 2.33. The molecule has 0 spiro atoms. The Morgan fingerprint density at radius 3 is 2.53 bits per heavy atom. The maximum Gasteiger partial charge on any atom is 0.148 e. The van der Waals surface area contributed by atoms with E-state index in [0.29, 0.717) is 11.4 Å². The highest BCUT2D eigenvalue weighted by atomic mass is 16.5. The lowest BCUT2D eigenvalue weighted by atomic mass is 10.0. The van der Waals surface area contributed by atoms with Gasteiger partial charge in [-0.15, -0.1) is 0 Å². The van der Waals surface area contributed by atoms with E-state index in [9.17, 15) is 5.26 Å². The van der Waals surface area contributed by atoms with Crippen LogP contribution in [0, 0.1) is 32.1 Å². The van der Waals surface area contributed by atoms with Crippen LogP contribution >= 0.6 is 0 Å². The van der Waals surface area contributed by atoms with E-state index in [2.05, 4.69) is 17.1 Å². The molecule has 0 N–H and O–H groups in total. The number of rotatable bonds is 2. The third kappa shape index (κ3) is 2.08. The van der Waals surface area contributed by atoms with Gasteiger partial charge < -0.3 is 9.30 Å². The van der Waals surface area contributed by atoms with Gasteiger partial charge in [-0.3, -0.25) is 0 Å². The molecule has 19 heavy (non-hydrogen) atoms. The minimum Gasteiger partial charge on any atom is -0.496 e. The molecular formula is C15H17N3O. The van der Waals surface area contributed by atoms with E-state index in [4.69, 9.17) is 4.74 Å². The van der Waals surface area contributed by atoms with Crippen molar-refractivity contribution in [3.8, 4) is 23.1 Å². The number of nitriles is 1. The van der Waals surface area contributed by atoms with Crippen molar-refractivity contribution in [1.82, 2.24) is 9.55 Å². The summed E-state index contributed by atoms with van der Waals surface area (Å²) in [6.07, 6.45) is 0. The van der Waals surface area contributed by atoms with E-state index in [1.54, 1.807) is 11.7 Å². The van der Waals surface area contributed by atoms with Crippen molar-refractivity contribution in [2.45, 2.75) is 20.8 Å². The van der Waals surface area contributed by atoms with Gasteiger partial charge in [-0.25, -0.2) is 4.98 Å². The number of benzene rings is 1. The SMILES string of the molecule is COc1c(C)cc(C)cc1-c1nc(C)n(C)c1C#N. The molecule has 0 aliphatic carbocycles. The van der Waals surface area contributed by atoms with Crippen LogP contribution in [0.4, 0.5) is 0 Å². The average molecular weight is 255 g/mol.